The zero-order valence-electron chi connectivity index (χ0n) is 10.4. The van der Waals surface area contributed by atoms with E-state index in [4.69, 9.17) is 16.7 Å². The van der Waals surface area contributed by atoms with E-state index in [1.54, 1.807) is 0 Å². The predicted molar refractivity (Wildman–Crippen MR) is 74.4 cm³/mol. The van der Waals surface area contributed by atoms with Crippen LogP contribution in [0.1, 0.15) is 20.7 Å². The van der Waals surface area contributed by atoms with Gasteiger partial charge in [0.1, 0.15) is 11.6 Å². The van der Waals surface area contributed by atoms with E-state index in [0.29, 0.717) is 0 Å². The highest BCUT2D eigenvalue weighted by molar-refractivity contribution is 6.35. The molecule has 0 spiro atoms. The summed E-state index contributed by atoms with van der Waals surface area (Å²) < 4.78 is 12.9. The molecule has 2 rings (SSSR count). The van der Waals surface area contributed by atoms with Gasteiger partial charge in [-0.25, -0.2) is 9.18 Å². The molecular weight excluding hydrogens is 301 g/mol. The molecule has 7 heteroatoms. The maximum absolute atomic E-state index is 12.9. The Kier molecular flexibility index (Phi) is 4.09. The molecule has 21 heavy (non-hydrogen) atoms. The summed E-state index contributed by atoms with van der Waals surface area (Å²) in [5, 5.41) is 20.9. The molecule has 0 bridgehead atoms. The summed E-state index contributed by atoms with van der Waals surface area (Å²) in [5.41, 5.74) is -0.495. The van der Waals surface area contributed by atoms with Gasteiger partial charge in [0.2, 0.25) is 0 Å². The number of hydrogen-bond acceptors (Lipinski definition) is 3. The number of carbonyl (C=O) groups excluding carboxylic acids is 1. The molecule has 0 heterocycles. The molecule has 1 amide bonds. The summed E-state index contributed by atoms with van der Waals surface area (Å²) in [6, 6.07) is 6.97. The molecule has 0 saturated carbocycles. The third kappa shape index (κ3) is 3.11. The summed E-state index contributed by atoms with van der Waals surface area (Å²) in [6.45, 7) is 0. The van der Waals surface area contributed by atoms with Crippen LogP contribution in [0.25, 0.3) is 0 Å². The van der Waals surface area contributed by atoms with Crippen LogP contribution in [0, 0.1) is 5.82 Å². The van der Waals surface area contributed by atoms with Gasteiger partial charge in [0.05, 0.1) is 21.8 Å². The van der Waals surface area contributed by atoms with Crippen LogP contribution in [0.4, 0.5) is 10.1 Å². The van der Waals surface area contributed by atoms with Crippen molar-refractivity contribution in [3.8, 4) is 5.75 Å². The third-order valence-electron chi connectivity index (χ3n) is 2.69. The molecule has 0 aliphatic rings. The first-order valence-electron chi connectivity index (χ1n) is 5.72. The minimum absolute atomic E-state index is 0.0323. The fraction of sp³-hybridized carbons (Fsp3) is 0. The Morgan fingerprint density at radius 3 is 2.48 bits per heavy atom. The van der Waals surface area contributed by atoms with E-state index >= 15 is 0 Å². The zero-order chi connectivity index (χ0) is 15.6. The highest BCUT2D eigenvalue weighted by Crippen LogP contribution is 2.28. The van der Waals surface area contributed by atoms with Gasteiger partial charge in [-0.15, -0.1) is 0 Å². The van der Waals surface area contributed by atoms with Crippen LogP contribution in [-0.4, -0.2) is 22.1 Å². The average molecular weight is 310 g/mol. The molecule has 108 valence electrons. The van der Waals surface area contributed by atoms with E-state index in [2.05, 4.69) is 5.32 Å². The number of hydrogen-bond donors (Lipinski definition) is 3. The van der Waals surface area contributed by atoms with Gasteiger partial charge >= 0.3 is 5.97 Å². The van der Waals surface area contributed by atoms with Crippen molar-refractivity contribution in [1.82, 2.24) is 0 Å². The number of amides is 1. The highest BCUT2D eigenvalue weighted by atomic mass is 35.5. The maximum Gasteiger partial charge on any atom is 0.337 e. The van der Waals surface area contributed by atoms with Crippen molar-refractivity contribution in [2.75, 3.05) is 5.32 Å². The maximum atomic E-state index is 12.9. The summed E-state index contributed by atoms with van der Waals surface area (Å²) in [7, 11) is 0. The molecule has 0 radical (unpaired) electrons. The van der Waals surface area contributed by atoms with Crippen molar-refractivity contribution in [2.45, 2.75) is 0 Å². The van der Waals surface area contributed by atoms with E-state index < -0.39 is 23.4 Å². The largest absolute Gasteiger partial charge is 0.507 e. The average Bonchev–Trinajstić information content (AvgIpc) is 2.40. The summed E-state index contributed by atoms with van der Waals surface area (Å²) >= 11 is 5.87. The number of phenols is 1. The van der Waals surface area contributed by atoms with Crippen molar-refractivity contribution in [2.24, 2.45) is 0 Å². The molecule has 3 N–H and O–H groups in total. The summed E-state index contributed by atoms with van der Waals surface area (Å²) in [5.74, 6) is -3.33. The number of carboxylic acid groups (broad SMARTS) is 1. The number of aromatic carboxylic acids is 1. The summed E-state index contributed by atoms with van der Waals surface area (Å²) in [6.07, 6.45) is 0. The molecular formula is C14H9ClFNO4. The number of carbonyl (C=O) groups is 2. The van der Waals surface area contributed by atoms with E-state index in [-0.39, 0.29) is 21.8 Å². The van der Waals surface area contributed by atoms with Crippen molar-refractivity contribution < 1.29 is 24.2 Å². The van der Waals surface area contributed by atoms with Gasteiger partial charge in [0.25, 0.3) is 5.91 Å². The van der Waals surface area contributed by atoms with Crippen LogP contribution < -0.4 is 5.32 Å². The second-order valence-corrected chi connectivity index (χ2v) is 4.49. The molecule has 0 aromatic heterocycles. The number of benzene rings is 2. The molecule has 0 aliphatic heterocycles. The molecule has 2 aromatic rings. The molecule has 0 saturated heterocycles. The molecule has 0 atom stereocenters. The lowest BCUT2D eigenvalue weighted by atomic mass is 10.1. The number of nitrogens with one attached hydrogen (secondary N) is 1. The van der Waals surface area contributed by atoms with Crippen LogP contribution in [0.2, 0.25) is 5.02 Å². The predicted octanol–water partition coefficient (Wildman–Crippen LogP) is 3.14. The first kappa shape index (κ1) is 14.8. The fourth-order valence-corrected chi connectivity index (χ4v) is 1.93. The Hall–Kier alpha value is -2.60. The lowest BCUT2D eigenvalue weighted by Gasteiger charge is -2.11. The van der Waals surface area contributed by atoms with E-state index in [1.807, 2.05) is 0 Å². The van der Waals surface area contributed by atoms with Gasteiger partial charge in [-0.1, -0.05) is 17.7 Å². The number of aromatic hydroxyl groups is 1. The Bertz CT molecular complexity index is 733. The minimum Gasteiger partial charge on any atom is -0.507 e. The van der Waals surface area contributed by atoms with E-state index in [9.17, 15) is 19.1 Å². The van der Waals surface area contributed by atoms with Crippen LogP contribution >= 0.6 is 11.6 Å². The monoisotopic (exact) mass is 309 g/mol. The number of anilines is 1. The van der Waals surface area contributed by atoms with Crippen molar-refractivity contribution in [1.29, 1.82) is 0 Å². The van der Waals surface area contributed by atoms with Gasteiger partial charge in [-0.2, -0.15) is 0 Å². The first-order valence-corrected chi connectivity index (χ1v) is 6.09. The van der Waals surface area contributed by atoms with Crippen molar-refractivity contribution >= 4 is 29.2 Å². The van der Waals surface area contributed by atoms with Crippen LogP contribution in [0.5, 0.6) is 5.75 Å². The van der Waals surface area contributed by atoms with Crippen LogP contribution in [-0.2, 0) is 0 Å². The number of halogens is 2. The Labute approximate surface area is 123 Å². The van der Waals surface area contributed by atoms with Gasteiger partial charge < -0.3 is 15.5 Å². The molecule has 2 aromatic carbocycles. The lowest BCUT2D eigenvalue weighted by molar-refractivity contribution is 0.0698. The number of para-hydroxylation sites is 1. The number of phenolic OH excluding ortho intramolecular Hbond substituents is 1. The normalized spacial score (nSPS) is 10.2. The Morgan fingerprint density at radius 2 is 1.86 bits per heavy atom. The zero-order valence-corrected chi connectivity index (χ0v) is 11.2. The van der Waals surface area contributed by atoms with Gasteiger partial charge in [-0.05, 0) is 24.3 Å². The van der Waals surface area contributed by atoms with Crippen molar-refractivity contribution in [3.05, 3.63) is 58.4 Å². The fourth-order valence-electron chi connectivity index (χ4n) is 1.71. The second kappa shape index (κ2) is 5.80. The lowest BCUT2D eigenvalue weighted by Crippen LogP contribution is -2.15. The van der Waals surface area contributed by atoms with Gasteiger partial charge in [0, 0.05) is 6.07 Å². The molecule has 0 unspecified atom stereocenters. The smallest absolute Gasteiger partial charge is 0.337 e. The molecule has 5 nitrogen and oxygen atoms in total. The van der Waals surface area contributed by atoms with E-state index in [1.165, 1.54) is 18.2 Å². The molecule has 0 fully saturated rings. The Balaban J connectivity index is 2.38. The van der Waals surface area contributed by atoms with Gasteiger partial charge in [0.15, 0.2) is 0 Å². The van der Waals surface area contributed by atoms with Crippen molar-refractivity contribution in [3.63, 3.8) is 0 Å². The standard InChI is InChI=1S/C14H9ClFNO4/c15-10-3-1-2-9(14(20)21)12(10)17-13(19)8-5-4-7(16)6-11(8)18/h1-6,18H,(H,17,19)(H,20,21). The van der Waals surface area contributed by atoms with E-state index in [0.717, 1.165) is 18.2 Å². The second-order valence-electron chi connectivity index (χ2n) is 4.08. The third-order valence-corrected chi connectivity index (χ3v) is 3.00. The van der Waals surface area contributed by atoms with Crippen LogP contribution in [0.15, 0.2) is 36.4 Å². The van der Waals surface area contributed by atoms with Gasteiger partial charge in [-0.3, -0.25) is 4.79 Å². The Morgan fingerprint density at radius 1 is 1.14 bits per heavy atom. The SMILES string of the molecule is O=C(Nc1c(Cl)cccc1C(=O)O)c1ccc(F)cc1O. The number of rotatable bonds is 3. The van der Waals surface area contributed by atoms with Crippen LogP contribution in [0.3, 0.4) is 0 Å². The minimum atomic E-state index is -1.27. The number of carboxylic acids is 1. The molecule has 0 aliphatic carbocycles. The summed E-state index contributed by atoms with van der Waals surface area (Å²) in [4.78, 5) is 23.1. The quantitative estimate of drug-likeness (QED) is 0.813. The first-order chi connectivity index (χ1) is 9.90. The highest BCUT2D eigenvalue weighted by Gasteiger charge is 2.18. The topological polar surface area (TPSA) is 86.6 Å².